The smallest absolute Gasteiger partial charge is 0.255 e. The quantitative estimate of drug-likeness (QED) is 0.649. The van der Waals surface area contributed by atoms with Crippen molar-refractivity contribution in [2.24, 2.45) is 0 Å². The van der Waals surface area contributed by atoms with Gasteiger partial charge < -0.3 is 19.7 Å². The minimum Gasteiger partial charge on any atom is -0.495 e. The molecule has 0 atom stereocenters. The standard InChI is InChI=1S/C19H27N5O5S/c1-22(2)6-7-23-14-16(13-20-23)21-19(25)15-4-5-17(28-3)18(12-15)30(26,27)24-8-10-29-11-9-24/h4-5,12-14H,6-11H2,1-3H3,(H,21,25). The highest BCUT2D eigenvalue weighted by Crippen LogP contribution is 2.28. The number of sulfonamides is 1. The van der Waals surface area contributed by atoms with Gasteiger partial charge in [-0.2, -0.15) is 9.40 Å². The molecule has 1 N–H and O–H groups in total. The van der Waals surface area contributed by atoms with E-state index < -0.39 is 15.9 Å². The van der Waals surface area contributed by atoms with E-state index in [2.05, 4.69) is 10.4 Å². The Morgan fingerprint density at radius 2 is 2.03 bits per heavy atom. The molecule has 0 spiro atoms. The summed E-state index contributed by atoms with van der Waals surface area (Å²) in [5, 5.41) is 6.98. The Balaban J connectivity index is 1.79. The molecule has 164 valence electrons. The van der Waals surface area contributed by atoms with Gasteiger partial charge in [-0.3, -0.25) is 9.48 Å². The van der Waals surface area contributed by atoms with Crippen molar-refractivity contribution in [3.05, 3.63) is 36.2 Å². The number of carbonyl (C=O) groups is 1. The molecule has 0 saturated carbocycles. The molecule has 10 nitrogen and oxygen atoms in total. The molecule has 1 aromatic heterocycles. The molecule has 0 aliphatic carbocycles. The fourth-order valence-electron chi connectivity index (χ4n) is 3.00. The van der Waals surface area contributed by atoms with Crippen molar-refractivity contribution in [3.63, 3.8) is 0 Å². The first-order valence-corrected chi connectivity index (χ1v) is 11.0. The first kappa shape index (κ1) is 22.2. The molecule has 2 heterocycles. The topological polar surface area (TPSA) is 106 Å². The van der Waals surface area contributed by atoms with Crippen molar-refractivity contribution in [2.45, 2.75) is 11.4 Å². The minimum atomic E-state index is -3.82. The molecule has 0 radical (unpaired) electrons. The number of nitrogens with zero attached hydrogens (tertiary/aromatic N) is 4. The number of methoxy groups -OCH3 is 1. The molecular formula is C19H27N5O5S. The maximum absolute atomic E-state index is 13.1. The zero-order valence-corrected chi connectivity index (χ0v) is 18.2. The van der Waals surface area contributed by atoms with Crippen LogP contribution >= 0.6 is 0 Å². The number of ether oxygens (including phenoxy) is 2. The summed E-state index contributed by atoms with van der Waals surface area (Å²) in [5.74, 6) is -0.238. The number of anilines is 1. The van der Waals surface area contributed by atoms with E-state index in [1.165, 1.54) is 29.6 Å². The van der Waals surface area contributed by atoms with Crippen LogP contribution in [0.15, 0.2) is 35.5 Å². The third kappa shape index (κ3) is 5.17. The van der Waals surface area contributed by atoms with E-state index in [1.54, 1.807) is 17.1 Å². The zero-order valence-electron chi connectivity index (χ0n) is 17.4. The number of nitrogens with one attached hydrogen (secondary N) is 1. The molecule has 3 rings (SSSR count). The molecule has 1 fully saturated rings. The summed E-state index contributed by atoms with van der Waals surface area (Å²) in [4.78, 5) is 14.7. The molecule has 11 heteroatoms. The van der Waals surface area contributed by atoms with Gasteiger partial charge in [-0.05, 0) is 32.3 Å². The Labute approximate surface area is 176 Å². The van der Waals surface area contributed by atoms with Gasteiger partial charge in [-0.1, -0.05) is 0 Å². The molecular weight excluding hydrogens is 410 g/mol. The summed E-state index contributed by atoms with van der Waals surface area (Å²) in [6.45, 7) is 2.69. The van der Waals surface area contributed by atoms with Crippen molar-refractivity contribution < 1.29 is 22.7 Å². The van der Waals surface area contributed by atoms with Gasteiger partial charge in [0.2, 0.25) is 10.0 Å². The molecule has 2 aromatic rings. The van der Waals surface area contributed by atoms with E-state index in [-0.39, 0.29) is 29.3 Å². The maximum Gasteiger partial charge on any atom is 0.255 e. The number of morpholine rings is 1. The van der Waals surface area contributed by atoms with E-state index in [4.69, 9.17) is 9.47 Å². The number of aromatic nitrogens is 2. The second-order valence-corrected chi connectivity index (χ2v) is 9.04. The van der Waals surface area contributed by atoms with Crippen molar-refractivity contribution in [1.29, 1.82) is 0 Å². The van der Waals surface area contributed by atoms with Gasteiger partial charge in [0.1, 0.15) is 10.6 Å². The van der Waals surface area contributed by atoms with Gasteiger partial charge in [0.25, 0.3) is 5.91 Å². The van der Waals surface area contributed by atoms with Crippen molar-refractivity contribution in [2.75, 3.05) is 59.4 Å². The molecule has 1 aromatic carbocycles. The Morgan fingerprint density at radius 3 is 2.70 bits per heavy atom. The van der Waals surface area contributed by atoms with Crippen LogP contribution in [0.4, 0.5) is 5.69 Å². The molecule has 0 bridgehead atoms. The van der Waals surface area contributed by atoms with E-state index >= 15 is 0 Å². The number of rotatable bonds is 8. The molecule has 1 saturated heterocycles. The van der Waals surface area contributed by atoms with Gasteiger partial charge in [0.15, 0.2) is 0 Å². The number of carbonyl (C=O) groups excluding carboxylic acids is 1. The number of benzene rings is 1. The normalized spacial score (nSPS) is 15.3. The van der Waals surface area contributed by atoms with Crippen LogP contribution in [0.3, 0.4) is 0 Å². The second-order valence-electron chi connectivity index (χ2n) is 7.13. The van der Waals surface area contributed by atoms with Crippen LogP contribution in [0.5, 0.6) is 5.75 Å². The van der Waals surface area contributed by atoms with Crippen molar-refractivity contribution in [1.82, 2.24) is 19.0 Å². The van der Waals surface area contributed by atoms with Crippen LogP contribution < -0.4 is 10.1 Å². The maximum atomic E-state index is 13.1. The summed E-state index contributed by atoms with van der Waals surface area (Å²) in [6.07, 6.45) is 3.29. The molecule has 0 unspecified atom stereocenters. The van der Waals surface area contributed by atoms with Crippen LogP contribution in [0.25, 0.3) is 0 Å². The van der Waals surface area contributed by atoms with Gasteiger partial charge in [-0.15, -0.1) is 0 Å². The highest BCUT2D eigenvalue weighted by molar-refractivity contribution is 7.89. The molecule has 1 aliphatic heterocycles. The van der Waals surface area contributed by atoms with E-state index in [0.717, 1.165) is 6.54 Å². The Kier molecular flexibility index (Phi) is 7.08. The number of amides is 1. The molecule has 1 amide bonds. The zero-order chi connectivity index (χ0) is 21.7. The van der Waals surface area contributed by atoms with E-state index in [0.29, 0.717) is 25.4 Å². The summed E-state index contributed by atoms with van der Waals surface area (Å²) in [5.41, 5.74) is 0.746. The highest BCUT2D eigenvalue weighted by Gasteiger charge is 2.30. The van der Waals surface area contributed by atoms with Crippen molar-refractivity contribution >= 4 is 21.6 Å². The fourth-order valence-corrected chi connectivity index (χ4v) is 4.59. The Morgan fingerprint density at radius 1 is 1.30 bits per heavy atom. The Bertz CT molecular complexity index is 983. The average molecular weight is 438 g/mol. The molecule has 30 heavy (non-hydrogen) atoms. The third-order valence-electron chi connectivity index (χ3n) is 4.68. The average Bonchev–Trinajstić information content (AvgIpc) is 3.19. The lowest BCUT2D eigenvalue weighted by Crippen LogP contribution is -2.40. The predicted molar refractivity (Wildman–Crippen MR) is 111 cm³/mol. The van der Waals surface area contributed by atoms with Crippen LogP contribution in [0, 0.1) is 0 Å². The summed E-state index contributed by atoms with van der Waals surface area (Å²) in [7, 11) is 1.52. The van der Waals surface area contributed by atoms with Gasteiger partial charge in [0.05, 0.1) is 38.8 Å². The SMILES string of the molecule is COc1ccc(C(=O)Nc2cnn(CCN(C)C)c2)cc1S(=O)(=O)N1CCOCC1. The van der Waals surface area contributed by atoms with Gasteiger partial charge in [-0.25, -0.2) is 8.42 Å². The van der Waals surface area contributed by atoms with Crippen molar-refractivity contribution in [3.8, 4) is 5.75 Å². The Hall–Kier alpha value is -2.47. The third-order valence-corrected chi connectivity index (χ3v) is 6.60. The minimum absolute atomic E-state index is 0.0405. The largest absolute Gasteiger partial charge is 0.495 e. The van der Waals surface area contributed by atoms with Crippen LogP contribution in [-0.4, -0.2) is 87.4 Å². The number of hydrogen-bond donors (Lipinski definition) is 1. The van der Waals surface area contributed by atoms with Crippen LogP contribution in [0.1, 0.15) is 10.4 Å². The lowest BCUT2D eigenvalue weighted by atomic mass is 10.2. The fraction of sp³-hybridized carbons (Fsp3) is 0.474. The summed E-state index contributed by atoms with van der Waals surface area (Å²) >= 11 is 0. The monoisotopic (exact) mass is 437 g/mol. The molecule has 1 aliphatic rings. The highest BCUT2D eigenvalue weighted by atomic mass is 32.2. The second kappa shape index (κ2) is 9.56. The first-order valence-electron chi connectivity index (χ1n) is 9.55. The summed E-state index contributed by atoms with van der Waals surface area (Å²) < 4.78 is 39.7. The predicted octanol–water partition coefficient (Wildman–Crippen LogP) is 0.727. The van der Waals surface area contributed by atoms with Gasteiger partial charge >= 0.3 is 0 Å². The number of hydrogen-bond acceptors (Lipinski definition) is 7. The van der Waals surface area contributed by atoms with Gasteiger partial charge in [0, 0.05) is 31.4 Å². The van der Waals surface area contributed by atoms with E-state index in [9.17, 15) is 13.2 Å². The lowest BCUT2D eigenvalue weighted by molar-refractivity contribution is 0.0729. The first-order chi connectivity index (χ1) is 14.3. The van der Waals surface area contributed by atoms with E-state index in [1.807, 2.05) is 19.0 Å². The summed E-state index contributed by atoms with van der Waals surface area (Å²) in [6, 6.07) is 4.36. The van der Waals surface area contributed by atoms with Crippen LogP contribution in [0.2, 0.25) is 0 Å². The number of likely N-dealkylation sites (N-methyl/N-ethyl adjacent to an activating group) is 1. The lowest BCUT2D eigenvalue weighted by Gasteiger charge is -2.26. The van der Waals surface area contributed by atoms with Crippen LogP contribution in [-0.2, 0) is 21.3 Å².